The molecule has 0 aliphatic heterocycles. The number of carbonyl (C=O) groups excluding carboxylic acids is 1. The lowest BCUT2D eigenvalue weighted by molar-refractivity contribution is 0.101. The lowest BCUT2D eigenvalue weighted by atomic mass is 10.1. The maximum atomic E-state index is 12.8. The molecule has 0 atom stereocenters. The zero-order chi connectivity index (χ0) is 10.7. The van der Waals surface area contributed by atoms with Crippen molar-refractivity contribution in [2.45, 2.75) is 4.84 Å². The first kappa shape index (κ1) is 11.0. The summed E-state index contributed by atoms with van der Waals surface area (Å²) in [6, 6.07) is 5.00. The van der Waals surface area contributed by atoms with Crippen LogP contribution in [0.2, 0.25) is 0 Å². The number of nitriles is 1. The molecular formula is C9H4Cl2FNO. The van der Waals surface area contributed by atoms with Gasteiger partial charge < -0.3 is 0 Å². The van der Waals surface area contributed by atoms with Gasteiger partial charge in [-0.2, -0.15) is 5.26 Å². The summed E-state index contributed by atoms with van der Waals surface area (Å²) in [5.41, 5.74) is -0.0808. The predicted octanol–water partition coefficient (Wildman–Crippen LogP) is 2.68. The lowest BCUT2D eigenvalue weighted by Crippen LogP contribution is -2.08. The van der Waals surface area contributed by atoms with E-state index in [0.29, 0.717) is 0 Å². The molecule has 0 amide bonds. The first-order chi connectivity index (χ1) is 6.56. The average Bonchev–Trinajstić information content (AvgIpc) is 2.17. The smallest absolute Gasteiger partial charge is 0.195 e. The quantitative estimate of drug-likeness (QED) is 0.580. The minimum absolute atomic E-state index is 0.123. The fourth-order valence-electron chi connectivity index (χ4n) is 0.890. The van der Waals surface area contributed by atoms with Gasteiger partial charge in [-0.05, 0) is 18.2 Å². The summed E-state index contributed by atoms with van der Waals surface area (Å²) in [5, 5.41) is 8.50. The molecule has 0 bridgehead atoms. The second-order valence-corrected chi connectivity index (χ2v) is 3.57. The number of hydrogen-bond acceptors (Lipinski definition) is 2. The Hall–Kier alpha value is -1.11. The van der Waals surface area contributed by atoms with Crippen LogP contribution in [-0.4, -0.2) is 10.6 Å². The van der Waals surface area contributed by atoms with Crippen LogP contribution in [0.5, 0.6) is 0 Å². The van der Waals surface area contributed by atoms with Crippen LogP contribution >= 0.6 is 23.2 Å². The van der Waals surface area contributed by atoms with E-state index in [-0.39, 0.29) is 11.1 Å². The van der Waals surface area contributed by atoms with Crippen LogP contribution in [0.1, 0.15) is 15.9 Å². The van der Waals surface area contributed by atoms with E-state index in [2.05, 4.69) is 0 Å². The number of alkyl halides is 2. The highest BCUT2D eigenvalue weighted by Crippen LogP contribution is 2.15. The van der Waals surface area contributed by atoms with Crippen LogP contribution in [0.4, 0.5) is 4.39 Å². The molecule has 2 nitrogen and oxygen atoms in total. The monoisotopic (exact) mass is 231 g/mol. The Bertz CT molecular complexity index is 412. The van der Waals surface area contributed by atoms with E-state index in [1.807, 2.05) is 0 Å². The maximum Gasteiger partial charge on any atom is 0.195 e. The van der Waals surface area contributed by atoms with Gasteiger partial charge in [0.15, 0.2) is 10.6 Å². The second kappa shape index (κ2) is 4.41. The van der Waals surface area contributed by atoms with Crippen molar-refractivity contribution >= 4 is 29.0 Å². The van der Waals surface area contributed by atoms with Crippen LogP contribution in [-0.2, 0) is 0 Å². The Kier molecular flexibility index (Phi) is 3.45. The molecule has 0 spiro atoms. The number of nitrogens with zero attached hydrogens (tertiary/aromatic N) is 1. The number of Topliss-reactive ketones (excluding diaryl/α,β-unsaturated/α-hetero) is 1. The van der Waals surface area contributed by atoms with Gasteiger partial charge in [0.25, 0.3) is 0 Å². The predicted molar refractivity (Wildman–Crippen MR) is 50.9 cm³/mol. The molecule has 0 heterocycles. The first-order valence-electron chi connectivity index (χ1n) is 3.58. The summed E-state index contributed by atoms with van der Waals surface area (Å²) in [6.45, 7) is 0. The number of hydrogen-bond donors (Lipinski definition) is 0. The normalized spacial score (nSPS) is 9.93. The fraction of sp³-hybridized carbons (Fsp3) is 0.111. The van der Waals surface area contributed by atoms with Crippen molar-refractivity contribution in [2.75, 3.05) is 0 Å². The van der Waals surface area contributed by atoms with E-state index in [1.54, 1.807) is 6.07 Å². The number of ketones is 1. The van der Waals surface area contributed by atoms with Crippen molar-refractivity contribution in [2.24, 2.45) is 0 Å². The summed E-state index contributed by atoms with van der Waals surface area (Å²) in [7, 11) is 0. The highest BCUT2D eigenvalue weighted by atomic mass is 35.5. The summed E-state index contributed by atoms with van der Waals surface area (Å²) in [4.78, 5) is 10.0. The highest BCUT2D eigenvalue weighted by molar-refractivity contribution is 6.55. The van der Waals surface area contributed by atoms with Crippen molar-refractivity contribution < 1.29 is 9.18 Å². The van der Waals surface area contributed by atoms with Gasteiger partial charge in [0.1, 0.15) is 11.9 Å². The zero-order valence-corrected chi connectivity index (χ0v) is 8.31. The maximum absolute atomic E-state index is 12.8. The van der Waals surface area contributed by atoms with E-state index < -0.39 is 16.4 Å². The van der Waals surface area contributed by atoms with Crippen LogP contribution in [0.25, 0.3) is 0 Å². The third kappa shape index (κ3) is 2.22. The summed E-state index contributed by atoms with van der Waals surface area (Å²) in [5.74, 6) is -1.23. The van der Waals surface area contributed by atoms with Crippen LogP contribution in [0, 0.1) is 17.1 Å². The van der Waals surface area contributed by atoms with E-state index in [0.717, 1.165) is 12.1 Å². The highest BCUT2D eigenvalue weighted by Gasteiger charge is 2.15. The van der Waals surface area contributed by atoms with Crippen LogP contribution in [0.15, 0.2) is 18.2 Å². The fourth-order valence-corrected chi connectivity index (χ4v) is 1.14. The molecule has 0 aliphatic carbocycles. The Balaban J connectivity index is 3.15. The van der Waals surface area contributed by atoms with Gasteiger partial charge >= 0.3 is 0 Å². The molecule has 0 aliphatic rings. The number of carbonyl (C=O) groups is 1. The average molecular weight is 232 g/mol. The Labute approximate surface area is 89.9 Å². The molecule has 0 fully saturated rings. The largest absolute Gasteiger partial charge is 0.291 e. The standard InChI is InChI=1S/C9H4Cl2FNO/c10-9(11)8(14)5-1-2-7(12)6(3-5)4-13/h1-3,9H. The van der Waals surface area contributed by atoms with Gasteiger partial charge in [-0.3, -0.25) is 4.79 Å². The van der Waals surface area contributed by atoms with Crippen molar-refractivity contribution in [3.8, 4) is 6.07 Å². The summed E-state index contributed by atoms with van der Waals surface area (Å²) < 4.78 is 12.8. The summed E-state index contributed by atoms with van der Waals surface area (Å²) in [6.07, 6.45) is 0. The third-order valence-corrected chi connectivity index (χ3v) is 1.97. The van der Waals surface area contributed by atoms with Crippen LogP contribution in [0.3, 0.4) is 0 Å². The molecule has 72 valence electrons. The van der Waals surface area contributed by atoms with Crippen molar-refractivity contribution in [1.29, 1.82) is 5.26 Å². The molecule has 5 heteroatoms. The first-order valence-corrected chi connectivity index (χ1v) is 4.45. The molecular weight excluding hydrogens is 228 g/mol. The molecule has 0 N–H and O–H groups in total. The molecule has 0 saturated heterocycles. The minimum Gasteiger partial charge on any atom is -0.291 e. The second-order valence-electron chi connectivity index (χ2n) is 2.47. The molecule has 0 radical (unpaired) electrons. The molecule has 0 unspecified atom stereocenters. The topological polar surface area (TPSA) is 40.9 Å². The third-order valence-electron chi connectivity index (χ3n) is 1.57. The Morgan fingerprint density at radius 1 is 1.50 bits per heavy atom. The number of halogens is 3. The molecule has 1 rings (SSSR count). The SMILES string of the molecule is N#Cc1cc(C(=O)C(Cl)Cl)ccc1F. The van der Waals surface area contributed by atoms with E-state index in [9.17, 15) is 9.18 Å². The van der Waals surface area contributed by atoms with E-state index in [1.165, 1.54) is 6.07 Å². The van der Waals surface area contributed by atoms with Gasteiger partial charge in [-0.15, -0.1) is 0 Å². The number of rotatable bonds is 2. The Morgan fingerprint density at radius 3 is 2.64 bits per heavy atom. The number of benzene rings is 1. The van der Waals surface area contributed by atoms with E-state index in [4.69, 9.17) is 28.5 Å². The zero-order valence-electron chi connectivity index (χ0n) is 6.80. The van der Waals surface area contributed by atoms with Crippen molar-refractivity contribution in [3.63, 3.8) is 0 Å². The minimum atomic E-state index is -1.20. The van der Waals surface area contributed by atoms with Gasteiger partial charge in [0.05, 0.1) is 5.56 Å². The summed E-state index contributed by atoms with van der Waals surface area (Å²) >= 11 is 10.7. The molecule has 0 saturated carbocycles. The van der Waals surface area contributed by atoms with Crippen molar-refractivity contribution in [3.05, 3.63) is 35.1 Å². The molecule has 1 aromatic carbocycles. The van der Waals surface area contributed by atoms with Gasteiger partial charge in [-0.25, -0.2) is 4.39 Å². The van der Waals surface area contributed by atoms with Gasteiger partial charge in [0, 0.05) is 5.56 Å². The van der Waals surface area contributed by atoms with Crippen molar-refractivity contribution in [1.82, 2.24) is 0 Å². The molecule has 14 heavy (non-hydrogen) atoms. The molecule has 1 aromatic rings. The molecule has 0 aromatic heterocycles. The van der Waals surface area contributed by atoms with Gasteiger partial charge in [-0.1, -0.05) is 23.2 Å². The van der Waals surface area contributed by atoms with Crippen LogP contribution < -0.4 is 0 Å². The Morgan fingerprint density at radius 2 is 2.14 bits per heavy atom. The van der Waals surface area contributed by atoms with E-state index >= 15 is 0 Å². The van der Waals surface area contributed by atoms with Gasteiger partial charge in [0.2, 0.25) is 0 Å². The lowest BCUT2D eigenvalue weighted by Gasteiger charge is -2.01.